The molecule has 0 amide bonds. The molecule has 0 radical (unpaired) electrons. The van der Waals surface area contributed by atoms with Crippen molar-refractivity contribution in [2.24, 2.45) is 0 Å². The summed E-state index contributed by atoms with van der Waals surface area (Å²) in [5, 5.41) is 9.05. The Hall–Kier alpha value is -2.95. The van der Waals surface area contributed by atoms with E-state index >= 15 is 0 Å². The zero-order chi connectivity index (χ0) is 17.1. The number of hydrogen-bond acceptors (Lipinski definition) is 4. The summed E-state index contributed by atoms with van der Waals surface area (Å²) >= 11 is 0. The van der Waals surface area contributed by atoms with Crippen LogP contribution in [0, 0.1) is 0 Å². The maximum absolute atomic E-state index is 11.0. The first-order valence-corrected chi connectivity index (χ1v) is 7.98. The number of hydrogen-bond donors (Lipinski definition) is 1. The number of carboxylic acids is 1. The van der Waals surface area contributed by atoms with Crippen LogP contribution in [0.15, 0.2) is 48.7 Å². The molecule has 1 N–H and O–H groups in total. The Balaban J connectivity index is 2.02. The van der Waals surface area contributed by atoms with Crippen LogP contribution in [-0.4, -0.2) is 34.1 Å². The Morgan fingerprint density at radius 3 is 2.58 bits per heavy atom. The van der Waals surface area contributed by atoms with Gasteiger partial charge < -0.3 is 10.0 Å². The number of benzene rings is 2. The molecule has 0 spiro atoms. The molecule has 5 nitrogen and oxygen atoms in total. The van der Waals surface area contributed by atoms with Gasteiger partial charge in [-0.15, -0.1) is 0 Å². The fourth-order valence-electron chi connectivity index (χ4n) is 2.73. The van der Waals surface area contributed by atoms with Gasteiger partial charge >= 0.3 is 5.97 Å². The average Bonchev–Trinajstić information content (AvgIpc) is 2.62. The number of aromatic carboxylic acids is 1. The fourth-order valence-corrected chi connectivity index (χ4v) is 2.73. The molecular formula is C19H19N3O2. The van der Waals surface area contributed by atoms with Crippen molar-refractivity contribution in [3.63, 3.8) is 0 Å². The Kier molecular flexibility index (Phi) is 4.42. The normalized spacial score (nSPS) is 10.8. The van der Waals surface area contributed by atoms with Gasteiger partial charge in [0.25, 0.3) is 0 Å². The summed E-state index contributed by atoms with van der Waals surface area (Å²) in [6.45, 7) is 6.15. The molecule has 1 heterocycles. The lowest BCUT2D eigenvalue weighted by Crippen LogP contribution is -2.21. The lowest BCUT2D eigenvalue weighted by molar-refractivity contribution is 0.0697. The maximum Gasteiger partial charge on any atom is 0.335 e. The van der Waals surface area contributed by atoms with Crippen molar-refractivity contribution in [1.82, 2.24) is 9.97 Å². The van der Waals surface area contributed by atoms with Crippen LogP contribution in [0.25, 0.3) is 22.3 Å². The first-order valence-electron chi connectivity index (χ1n) is 7.98. The quantitative estimate of drug-likeness (QED) is 0.773. The van der Waals surface area contributed by atoms with Gasteiger partial charge in [0, 0.05) is 24.3 Å². The highest BCUT2D eigenvalue weighted by Gasteiger charge is 2.09. The highest BCUT2D eigenvalue weighted by Crippen LogP contribution is 2.24. The van der Waals surface area contributed by atoms with Gasteiger partial charge in [-0.25, -0.2) is 9.78 Å². The summed E-state index contributed by atoms with van der Waals surface area (Å²) in [6.07, 6.45) is 1.69. The number of carboxylic acid groups (broad SMARTS) is 1. The molecular weight excluding hydrogens is 302 g/mol. The Labute approximate surface area is 140 Å². The Morgan fingerprint density at radius 1 is 1.08 bits per heavy atom. The molecule has 1 aromatic heterocycles. The number of rotatable bonds is 5. The van der Waals surface area contributed by atoms with Gasteiger partial charge in [-0.3, -0.25) is 4.98 Å². The van der Waals surface area contributed by atoms with Crippen LogP contribution >= 0.6 is 0 Å². The highest BCUT2D eigenvalue weighted by molar-refractivity contribution is 5.92. The second-order valence-electron chi connectivity index (χ2n) is 5.49. The number of fused-ring (bicyclic) bond motifs is 1. The van der Waals surface area contributed by atoms with Gasteiger partial charge in [-0.05, 0) is 44.2 Å². The standard InChI is InChI=1S/C19H19N3O2/c1-3-22(4-2)15-7-5-6-13(10-15)18-12-20-17-11-14(19(23)24)8-9-16(17)21-18/h5-12H,3-4H2,1-2H3,(H,23,24). The van der Waals surface area contributed by atoms with E-state index in [2.05, 4.69) is 40.8 Å². The zero-order valence-electron chi connectivity index (χ0n) is 13.7. The number of aromatic nitrogens is 2. The predicted octanol–water partition coefficient (Wildman–Crippen LogP) is 3.84. The molecule has 0 saturated heterocycles. The van der Waals surface area contributed by atoms with Crippen molar-refractivity contribution in [3.05, 3.63) is 54.2 Å². The van der Waals surface area contributed by atoms with Crippen molar-refractivity contribution in [2.45, 2.75) is 13.8 Å². The van der Waals surface area contributed by atoms with Gasteiger partial charge in [0.05, 0.1) is 28.5 Å². The molecule has 24 heavy (non-hydrogen) atoms. The smallest absolute Gasteiger partial charge is 0.335 e. The molecule has 0 fully saturated rings. The Bertz CT molecular complexity index is 889. The SMILES string of the molecule is CCN(CC)c1cccc(-c2cnc3cc(C(=O)O)ccc3n2)c1. The Morgan fingerprint density at radius 2 is 1.88 bits per heavy atom. The molecule has 2 aromatic carbocycles. The van der Waals surface area contributed by atoms with Crippen molar-refractivity contribution >= 4 is 22.7 Å². The van der Waals surface area contributed by atoms with Crippen LogP contribution in [0.1, 0.15) is 24.2 Å². The zero-order valence-corrected chi connectivity index (χ0v) is 13.7. The van der Waals surface area contributed by atoms with E-state index in [1.165, 1.54) is 0 Å². The third kappa shape index (κ3) is 3.06. The van der Waals surface area contributed by atoms with Gasteiger partial charge in [-0.2, -0.15) is 0 Å². The molecule has 0 aliphatic rings. The molecule has 0 aliphatic carbocycles. The largest absolute Gasteiger partial charge is 0.478 e. The van der Waals surface area contributed by atoms with Crippen LogP contribution in [0.5, 0.6) is 0 Å². The van der Waals surface area contributed by atoms with Crippen molar-refractivity contribution in [3.8, 4) is 11.3 Å². The second kappa shape index (κ2) is 6.66. The average molecular weight is 321 g/mol. The summed E-state index contributed by atoms with van der Waals surface area (Å²) in [5.74, 6) is -0.963. The van der Waals surface area contributed by atoms with Crippen LogP contribution in [0.2, 0.25) is 0 Å². The van der Waals surface area contributed by atoms with E-state index < -0.39 is 5.97 Å². The van der Waals surface area contributed by atoms with E-state index in [4.69, 9.17) is 5.11 Å². The van der Waals surface area contributed by atoms with E-state index in [1.54, 1.807) is 24.4 Å². The first-order chi connectivity index (χ1) is 11.6. The minimum Gasteiger partial charge on any atom is -0.478 e. The molecule has 0 bridgehead atoms. The van der Waals surface area contributed by atoms with E-state index in [-0.39, 0.29) is 5.56 Å². The van der Waals surface area contributed by atoms with Gasteiger partial charge in [0.1, 0.15) is 0 Å². The van der Waals surface area contributed by atoms with Crippen molar-refractivity contribution < 1.29 is 9.90 Å². The van der Waals surface area contributed by atoms with Crippen LogP contribution < -0.4 is 4.90 Å². The number of anilines is 1. The summed E-state index contributed by atoms with van der Waals surface area (Å²) in [6, 6.07) is 13.0. The van der Waals surface area contributed by atoms with Crippen LogP contribution in [0.3, 0.4) is 0 Å². The molecule has 3 rings (SSSR count). The first kappa shape index (κ1) is 15.9. The van der Waals surface area contributed by atoms with Crippen molar-refractivity contribution in [2.75, 3.05) is 18.0 Å². The highest BCUT2D eigenvalue weighted by atomic mass is 16.4. The molecule has 0 atom stereocenters. The minimum absolute atomic E-state index is 0.216. The molecule has 122 valence electrons. The third-order valence-corrected chi connectivity index (χ3v) is 4.06. The van der Waals surface area contributed by atoms with Crippen LogP contribution in [-0.2, 0) is 0 Å². The predicted molar refractivity (Wildman–Crippen MR) is 95.5 cm³/mol. The topological polar surface area (TPSA) is 66.3 Å². The van der Waals surface area contributed by atoms with Crippen molar-refractivity contribution in [1.29, 1.82) is 0 Å². The van der Waals surface area contributed by atoms with Gasteiger partial charge in [0.15, 0.2) is 0 Å². The van der Waals surface area contributed by atoms with Gasteiger partial charge in [0.2, 0.25) is 0 Å². The van der Waals surface area contributed by atoms with Gasteiger partial charge in [-0.1, -0.05) is 12.1 Å². The number of nitrogens with zero attached hydrogens (tertiary/aromatic N) is 3. The van der Waals surface area contributed by atoms with Crippen LogP contribution in [0.4, 0.5) is 5.69 Å². The maximum atomic E-state index is 11.0. The lowest BCUT2D eigenvalue weighted by Gasteiger charge is -2.21. The molecule has 0 aliphatic heterocycles. The van der Waals surface area contributed by atoms with E-state index in [0.29, 0.717) is 11.0 Å². The lowest BCUT2D eigenvalue weighted by atomic mass is 10.1. The molecule has 5 heteroatoms. The second-order valence-corrected chi connectivity index (χ2v) is 5.49. The van der Waals surface area contributed by atoms with E-state index in [0.717, 1.165) is 30.0 Å². The monoisotopic (exact) mass is 321 g/mol. The summed E-state index contributed by atoms with van der Waals surface area (Å²) in [7, 11) is 0. The van der Waals surface area contributed by atoms with E-state index in [9.17, 15) is 4.79 Å². The third-order valence-electron chi connectivity index (χ3n) is 4.06. The number of carbonyl (C=O) groups is 1. The molecule has 0 unspecified atom stereocenters. The molecule has 3 aromatic rings. The summed E-state index contributed by atoms with van der Waals surface area (Å²) < 4.78 is 0. The molecule has 0 saturated carbocycles. The minimum atomic E-state index is -0.963. The van der Waals surface area contributed by atoms with E-state index in [1.807, 2.05) is 12.1 Å². The summed E-state index contributed by atoms with van der Waals surface area (Å²) in [4.78, 5) is 22.3. The fraction of sp³-hybridized carbons (Fsp3) is 0.211. The summed E-state index contributed by atoms with van der Waals surface area (Å²) in [5.41, 5.74) is 4.41.